The topological polar surface area (TPSA) is 92.2 Å². The third kappa shape index (κ3) is 6.62. The van der Waals surface area contributed by atoms with Gasteiger partial charge in [0.25, 0.3) is 5.91 Å². The molecule has 40 heavy (non-hydrogen) atoms. The molecule has 0 bridgehead atoms. The van der Waals surface area contributed by atoms with E-state index >= 15 is 0 Å². The summed E-state index contributed by atoms with van der Waals surface area (Å²) in [7, 11) is 0. The average molecular weight is 590 g/mol. The van der Waals surface area contributed by atoms with Crippen LogP contribution in [0.4, 0.5) is 8.78 Å². The number of amides is 1. The van der Waals surface area contributed by atoms with Crippen LogP contribution in [0.5, 0.6) is 5.75 Å². The van der Waals surface area contributed by atoms with Gasteiger partial charge in [0.05, 0.1) is 6.61 Å². The SMILES string of the molecule is C=CC[C@]1(C(=O)NNCc2ccc(F)cc2F)N=C(c2ccc(OCCCO)cc2)O[C@H]1c1ccc(Cl)cc1Cl. The second-order valence-corrected chi connectivity index (χ2v) is 9.83. The first-order chi connectivity index (χ1) is 19.3. The number of halogens is 4. The first-order valence-corrected chi connectivity index (χ1v) is 13.2. The Balaban J connectivity index is 1.64. The molecule has 3 aromatic carbocycles. The highest BCUT2D eigenvalue weighted by molar-refractivity contribution is 6.35. The number of nitrogens with one attached hydrogen (secondary N) is 2. The van der Waals surface area contributed by atoms with Crippen molar-refractivity contribution in [2.75, 3.05) is 13.2 Å². The van der Waals surface area contributed by atoms with Gasteiger partial charge in [-0.2, -0.15) is 0 Å². The van der Waals surface area contributed by atoms with Gasteiger partial charge in [-0.1, -0.05) is 41.4 Å². The van der Waals surface area contributed by atoms with E-state index in [0.717, 1.165) is 12.1 Å². The lowest BCUT2D eigenvalue weighted by Crippen LogP contribution is -2.52. The highest BCUT2D eigenvalue weighted by atomic mass is 35.5. The largest absolute Gasteiger partial charge is 0.494 e. The summed E-state index contributed by atoms with van der Waals surface area (Å²) in [5.41, 5.74) is 4.97. The molecule has 4 rings (SSSR count). The summed E-state index contributed by atoms with van der Waals surface area (Å²) in [6.45, 7) is 4.09. The van der Waals surface area contributed by atoms with E-state index in [1.54, 1.807) is 48.5 Å². The maximum atomic E-state index is 14.1. The summed E-state index contributed by atoms with van der Waals surface area (Å²) in [6, 6.07) is 15.0. The number of aliphatic hydroxyl groups excluding tert-OH is 1. The number of hydrazine groups is 1. The summed E-state index contributed by atoms with van der Waals surface area (Å²) in [5.74, 6) is -1.24. The van der Waals surface area contributed by atoms with Gasteiger partial charge in [0, 0.05) is 58.8 Å². The normalized spacial score (nSPS) is 18.1. The van der Waals surface area contributed by atoms with Gasteiger partial charge in [0.1, 0.15) is 17.4 Å². The average Bonchev–Trinajstić information content (AvgIpc) is 3.31. The van der Waals surface area contributed by atoms with Gasteiger partial charge in [-0.15, -0.1) is 6.58 Å². The van der Waals surface area contributed by atoms with Crippen molar-refractivity contribution in [1.82, 2.24) is 10.9 Å². The Morgan fingerprint density at radius 2 is 1.93 bits per heavy atom. The molecule has 210 valence electrons. The number of nitrogens with zero attached hydrogens (tertiary/aromatic N) is 1. The number of hydrogen-bond acceptors (Lipinski definition) is 6. The van der Waals surface area contributed by atoms with Gasteiger partial charge in [0.2, 0.25) is 5.90 Å². The number of ether oxygens (including phenoxy) is 2. The Morgan fingerprint density at radius 3 is 2.60 bits per heavy atom. The first-order valence-electron chi connectivity index (χ1n) is 12.4. The van der Waals surface area contributed by atoms with E-state index in [-0.39, 0.29) is 36.1 Å². The molecular weight excluding hydrogens is 563 g/mol. The quantitative estimate of drug-likeness (QED) is 0.143. The minimum absolute atomic E-state index is 0.0263. The highest BCUT2D eigenvalue weighted by Gasteiger charge is 2.53. The van der Waals surface area contributed by atoms with E-state index in [1.807, 2.05) is 0 Å². The molecule has 0 fully saturated rings. The molecule has 0 radical (unpaired) electrons. The molecule has 1 aliphatic rings. The standard InChI is InChI=1S/C29H27Cl2F2N3O4/c1-2-12-29(28(38)36-34-17-19-4-8-21(32)16-25(19)33)26(23-11-7-20(30)15-24(23)31)40-27(35-29)18-5-9-22(10-6-18)39-14-3-13-37/h2,4-11,15-16,26,34,37H,1,3,12-14,17H2,(H,36,38)/t26-,29-/m0/s1. The molecular formula is C29H27Cl2F2N3O4. The molecule has 0 spiro atoms. The molecule has 2 atom stereocenters. The molecule has 0 saturated heterocycles. The van der Waals surface area contributed by atoms with Gasteiger partial charge in [-0.05, 0) is 42.5 Å². The maximum absolute atomic E-state index is 14.1. The monoisotopic (exact) mass is 589 g/mol. The molecule has 3 N–H and O–H groups in total. The van der Waals surface area contributed by atoms with Crippen LogP contribution >= 0.6 is 23.2 Å². The second kappa shape index (κ2) is 13.2. The molecule has 11 heteroatoms. The molecule has 7 nitrogen and oxygen atoms in total. The zero-order valence-electron chi connectivity index (χ0n) is 21.3. The molecule has 0 aliphatic carbocycles. The molecule has 0 saturated carbocycles. The van der Waals surface area contributed by atoms with E-state index in [2.05, 4.69) is 17.4 Å². The number of hydrogen-bond donors (Lipinski definition) is 3. The van der Waals surface area contributed by atoms with Crippen LogP contribution in [0, 0.1) is 11.6 Å². The third-order valence-corrected chi connectivity index (χ3v) is 6.79. The van der Waals surface area contributed by atoms with Crippen molar-refractivity contribution in [3.05, 3.63) is 112 Å². The van der Waals surface area contributed by atoms with Crippen molar-refractivity contribution in [2.45, 2.75) is 31.0 Å². The summed E-state index contributed by atoms with van der Waals surface area (Å²) >= 11 is 12.6. The van der Waals surface area contributed by atoms with Crippen LogP contribution in [0.3, 0.4) is 0 Å². The summed E-state index contributed by atoms with van der Waals surface area (Å²) < 4.78 is 39.2. The van der Waals surface area contributed by atoms with Crippen molar-refractivity contribution >= 4 is 35.0 Å². The summed E-state index contributed by atoms with van der Waals surface area (Å²) in [4.78, 5) is 18.5. The Labute approximate surface area is 240 Å². The molecule has 1 heterocycles. The van der Waals surface area contributed by atoms with Crippen molar-refractivity contribution in [1.29, 1.82) is 0 Å². The lowest BCUT2D eigenvalue weighted by molar-refractivity contribution is -0.129. The second-order valence-electron chi connectivity index (χ2n) is 8.99. The van der Waals surface area contributed by atoms with Gasteiger partial charge < -0.3 is 14.6 Å². The first kappa shape index (κ1) is 29.5. The fourth-order valence-electron chi connectivity index (χ4n) is 4.22. The van der Waals surface area contributed by atoms with Crippen LogP contribution in [0.1, 0.15) is 35.6 Å². The van der Waals surface area contributed by atoms with E-state index in [1.165, 1.54) is 6.07 Å². The number of aliphatic imine (C=N–C) groups is 1. The van der Waals surface area contributed by atoms with Crippen LogP contribution in [0.15, 0.2) is 78.3 Å². The molecule has 3 aromatic rings. The molecule has 1 aliphatic heterocycles. The Morgan fingerprint density at radius 1 is 1.15 bits per heavy atom. The highest BCUT2D eigenvalue weighted by Crippen LogP contribution is 2.45. The van der Waals surface area contributed by atoms with E-state index in [9.17, 15) is 13.6 Å². The van der Waals surface area contributed by atoms with Crippen LogP contribution in [0.2, 0.25) is 10.0 Å². The van der Waals surface area contributed by atoms with Crippen LogP contribution in [0.25, 0.3) is 0 Å². The number of rotatable bonds is 12. The van der Waals surface area contributed by atoms with Crippen molar-refractivity contribution in [3.63, 3.8) is 0 Å². The van der Waals surface area contributed by atoms with Crippen LogP contribution < -0.4 is 15.6 Å². The fourth-order valence-corrected chi connectivity index (χ4v) is 4.73. The van der Waals surface area contributed by atoms with Gasteiger partial charge in [-0.25, -0.2) is 19.2 Å². The number of benzene rings is 3. The third-order valence-electron chi connectivity index (χ3n) is 6.23. The number of carbonyl (C=O) groups excluding carboxylic acids is 1. The van der Waals surface area contributed by atoms with Gasteiger partial charge in [0.15, 0.2) is 11.6 Å². The van der Waals surface area contributed by atoms with Crippen molar-refractivity contribution in [3.8, 4) is 5.75 Å². The molecule has 1 amide bonds. The van der Waals surface area contributed by atoms with Gasteiger partial charge >= 0.3 is 0 Å². The molecule has 0 aromatic heterocycles. The lowest BCUT2D eigenvalue weighted by atomic mass is 9.84. The number of carbonyl (C=O) groups is 1. The summed E-state index contributed by atoms with van der Waals surface area (Å²) in [6.07, 6.45) is 1.16. The zero-order chi connectivity index (χ0) is 28.7. The number of aliphatic hydroxyl groups is 1. The Hall–Kier alpha value is -3.50. The predicted molar refractivity (Wildman–Crippen MR) is 149 cm³/mol. The fraction of sp³-hybridized carbons (Fsp3) is 0.241. The minimum Gasteiger partial charge on any atom is -0.494 e. The van der Waals surface area contributed by atoms with E-state index in [4.69, 9.17) is 42.8 Å². The lowest BCUT2D eigenvalue weighted by Gasteiger charge is -2.30. The predicted octanol–water partition coefficient (Wildman–Crippen LogP) is 5.69. The van der Waals surface area contributed by atoms with Crippen LogP contribution in [-0.2, 0) is 16.1 Å². The van der Waals surface area contributed by atoms with E-state index in [0.29, 0.717) is 34.9 Å². The van der Waals surface area contributed by atoms with E-state index < -0.39 is 29.2 Å². The van der Waals surface area contributed by atoms with Crippen molar-refractivity contribution in [2.24, 2.45) is 4.99 Å². The summed E-state index contributed by atoms with van der Waals surface area (Å²) in [5, 5.41) is 9.64. The van der Waals surface area contributed by atoms with Crippen molar-refractivity contribution < 1.29 is 28.2 Å². The zero-order valence-corrected chi connectivity index (χ0v) is 22.8. The maximum Gasteiger partial charge on any atom is 0.266 e. The van der Waals surface area contributed by atoms with Crippen LogP contribution in [-0.4, -0.2) is 35.7 Å². The smallest absolute Gasteiger partial charge is 0.266 e. The minimum atomic E-state index is -1.54. The molecule has 0 unspecified atom stereocenters. The Bertz CT molecular complexity index is 1400. The van der Waals surface area contributed by atoms with Gasteiger partial charge in [-0.3, -0.25) is 10.2 Å². The Kier molecular flexibility index (Phi) is 9.76.